The summed E-state index contributed by atoms with van der Waals surface area (Å²) in [6.45, 7) is 7.84. The van der Waals surface area contributed by atoms with E-state index in [9.17, 15) is 14.4 Å². The summed E-state index contributed by atoms with van der Waals surface area (Å²) in [5.74, 6) is -1.13. The van der Waals surface area contributed by atoms with Crippen molar-refractivity contribution >= 4 is 23.5 Å². The van der Waals surface area contributed by atoms with Gasteiger partial charge in [-0.3, -0.25) is 19.7 Å². The highest BCUT2D eigenvalue weighted by molar-refractivity contribution is 6.39. The molecule has 3 unspecified atom stereocenters. The van der Waals surface area contributed by atoms with Crippen molar-refractivity contribution in [3.63, 3.8) is 0 Å². The van der Waals surface area contributed by atoms with Crippen LogP contribution in [0.4, 0.5) is 5.82 Å². The molecule has 3 amide bonds. The van der Waals surface area contributed by atoms with Gasteiger partial charge in [0.1, 0.15) is 5.82 Å². The number of methoxy groups -OCH3 is 1. The minimum atomic E-state index is -0.818. The van der Waals surface area contributed by atoms with Crippen LogP contribution < -0.4 is 21.3 Å². The van der Waals surface area contributed by atoms with Crippen LogP contribution in [0.2, 0.25) is 0 Å². The van der Waals surface area contributed by atoms with Crippen molar-refractivity contribution in [1.82, 2.24) is 25.7 Å². The van der Waals surface area contributed by atoms with Crippen molar-refractivity contribution in [1.29, 1.82) is 0 Å². The maximum absolute atomic E-state index is 12.2. The molecule has 1 aromatic heterocycles. The minimum Gasteiger partial charge on any atom is -0.383 e. The Balaban J connectivity index is 2.12. The van der Waals surface area contributed by atoms with Crippen LogP contribution in [0.25, 0.3) is 0 Å². The Morgan fingerprint density at radius 2 is 2.07 bits per heavy atom. The zero-order valence-electron chi connectivity index (χ0n) is 16.3. The van der Waals surface area contributed by atoms with Gasteiger partial charge in [0.2, 0.25) is 5.91 Å². The van der Waals surface area contributed by atoms with Crippen LogP contribution in [-0.2, 0) is 19.1 Å². The van der Waals surface area contributed by atoms with E-state index in [1.54, 1.807) is 19.9 Å². The number of nitrogens with one attached hydrogen (secondary N) is 4. The number of nitrogens with zero attached hydrogens (tertiary/aromatic N) is 2. The topological polar surface area (TPSA) is 126 Å². The molecule has 3 atom stereocenters. The smallest absolute Gasteiger partial charge is 0.314 e. The number of anilines is 1. The van der Waals surface area contributed by atoms with Crippen molar-refractivity contribution < 1.29 is 19.1 Å². The van der Waals surface area contributed by atoms with E-state index in [4.69, 9.17) is 4.74 Å². The van der Waals surface area contributed by atoms with E-state index in [-0.39, 0.29) is 23.9 Å². The normalized spacial score (nSPS) is 20.9. The van der Waals surface area contributed by atoms with Crippen LogP contribution in [0.3, 0.4) is 0 Å². The van der Waals surface area contributed by atoms with Crippen molar-refractivity contribution in [3.8, 4) is 0 Å². The third kappa shape index (κ3) is 5.51. The molecule has 0 spiro atoms. The second kappa shape index (κ2) is 8.96. The molecule has 0 bridgehead atoms. The summed E-state index contributed by atoms with van der Waals surface area (Å²) in [6, 6.07) is 1.32. The Morgan fingerprint density at radius 3 is 2.70 bits per heavy atom. The first-order valence-electron chi connectivity index (χ1n) is 8.93. The summed E-state index contributed by atoms with van der Waals surface area (Å²) in [4.78, 5) is 36.3. The molecule has 1 aliphatic rings. The number of aryl methyl sites for hydroxylation is 1. The van der Waals surface area contributed by atoms with Gasteiger partial charge in [-0.15, -0.1) is 0 Å². The minimum absolute atomic E-state index is 0.0185. The van der Waals surface area contributed by atoms with Gasteiger partial charge in [0.15, 0.2) is 6.29 Å². The maximum Gasteiger partial charge on any atom is 0.314 e. The molecule has 0 aliphatic carbocycles. The quantitative estimate of drug-likeness (QED) is 0.510. The Kier molecular flexibility index (Phi) is 6.92. The highest BCUT2D eigenvalue weighted by Crippen LogP contribution is 2.19. The van der Waals surface area contributed by atoms with Crippen LogP contribution in [0.1, 0.15) is 39.2 Å². The lowest BCUT2D eigenvalue weighted by Gasteiger charge is -2.34. The number of hydrogen-bond acceptors (Lipinski definition) is 6. The summed E-state index contributed by atoms with van der Waals surface area (Å²) < 4.78 is 6.40. The highest BCUT2D eigenvalue weighted by Gasteiger charge is 2.31. The predicted molar refractivity (Wildman–Crippen MR) is 98.6 cm³/mol. The van der Waals surface area contributed by atoms with Gasteiger partial charge in [0.25, 0.3) is 0 Å². The molecule has 2 heterocycles. The zero-order chi connectivity index (χ0) is 20.1. The number of carbonyl (C=O) groups excluding carboxylic acids is 3. The monoisotopic (exact) mass is 380 g/mol. The molecule has 0 saturated carbocycles. The number of ether oxygens (including phenoxy) is 1. The Hall–Kier alpha value is -2.46. The van der Waals surface area contributed by atoms with Crippen molar-refractivity contribution in [2.75, 3.05) is 19.0 Å². The van der Waals surface area contributed by atoms with Crippen LogP contribution in [0, 0.1) is 12.8 Å². The van der Waals surface area contributed by atoms with Gasteiger partial charge >= 0.3 is 11.8 Å². The molecule has 10 nitrogen and oxygen atoms in total. The fraction of sp³-hybridized carbons (Fsp3) is 0.647. The lowest BCUT2D eigenvalue weighted by atomic mass is 9.99. The average Bonchev–Trinajstić information content (AvgIpc) is 2.94. The summed E-state index contributed by atoms with van der Waals surface area (Å²) in [6.07, 6.45) is -0.242. The first-order chi connectivity index (χ1) is 12.7. The third-order valence-electron chi connectivity index (χ3n) is 4.22. The van der Waals surface area contributed by atoms with E-state index in [1.165, 1.54) is 11.8 Å². The molecule has 150 valence electrons. The number of hydrogen-bond donors (Lipinski definition) is 4. The van der Waals surface area contributed by atoms with Crippen molar-refractivity contribution in [2.45, 2.75) is 52.5 Å². The fourth-order valence-corrected chi connectivity index (χ4v) is 2.84. The second-order valence-electron chi connectivity index (χ2n) is 7.09. The van der Waals surface area contributed by atoms with E-state index in [1.807, 2.05) is 13.8 Å². The van der Waals surface area contributed by atoms with E-state index in [0.717, 1.165) is 0 Å². The molecule has 0 aromatic carbocycles. The molecule has 4 N–H and O–H groups in total. The Bertz CT molecular complexity index is 702. The number of amides is 3. The van der Waals surface area contributed by atoms with Gasteiger partial charge in [-0.25, -0.2) is 4.68 Å². The van der Waals surface area contributed by atoms with E-state index in [0.29, 0.717) is 24.5 Å². The van der Waals surface area contributed by atoms with Crippen molar-refractivity contribution in [3.05, 3.63) is 11.8 Å². The molecular formula is C17H28N6O4. The molecule has 1 aromatic rings. The van der Waals surface area contributed by atoms with Crippen molar-refractivity contribution in [2.24, 2.45) is 5.92 Å². The average molecular weight is 380 g/mol. The Labute approximate surface area is 158 Å². The van der Waals surface area contributed by atoms with Gasteiger partial charge in [-0.1, -0.05) is 13.8 Å². The van der Waals surface area contributed by atoms with Gasteiger partial charge in [-0.2, -0.15) is 5.10 Å². The lowest BCUT2D eigenvalue weighted by molar-refractivity contribution is -0.136. The first kappa shape index (κ1) is 20.8. The molecule has 10 heteroatoms. The summed E-state index contributed by atoms with van der Waals surface area (Å²) in [5.41, 5.74) is 0.640. The molecule has 1 saturated heterocycles. The molecule has 2 rings (SSSR count). The number of rotatable bonds is 6. The van der Waals surface area contributed by atoms with E-state index < -0.39 is 18.1 Å². The van der Waals surface area contributed by atoms with Crippen LogP contribution in [0.15, 0.2) is 6.07 Å². The largest absolute Gasteiger partial charge is 0.383 e. The predicted octanol–water partition coefficient (Wildman–Crippen LogP) is -0.129. The zero-order valence-corrected chi connectivity index (χ0v) is 16.3. The second-order valence-corrected chi connectivity index (χ2v) is 7.09. The number of aromatic nitrogens is 2. The van der Waals surface area contributed by atoms with Gasteiger partial charge < -0.3 is 20.7 Å². The molecule has 1 aliphatic heterocycles. The standard InChI is InChI=1S/C17H28N6O4/c1-9(2)12-7-14(24)21-17(19-12)23-13(6-10(3)22-23)20-16(26)15(25)18-11(4)8-27-5/h6,9,11-12,17,19H,7-8H2,1-5H3,(H,18,25)(H,20,26)(H,21,24). The fourth-order valence-electron chi connectivity index (χ4n) is 2.84. The molecule has 1 fully saturated rings. The molecule has 0 radical (unpaired) electrons. The van der Waals surface area contributed by atoms with Crippen LogP contribution in [-0.4, -0.2) is 53.3 Å². The maximum atomic E-state index is 12.2. The lowest BCUT2D eigenvalue weighted by Crippen LogP contribution is -2.55. The van der Waals surface area contributed by atoms with Gasteiger partial charge in [0.05, 0.1) is 12.3 Å². The van der Waals surface area contributed by atoms with E-state index in [2.05, 4.69) is 26.4 Å². The summed E-state index contributed by atoms with van der Waals surface area (Å²) in [7, 11) is 1.51. The van der Waals surface area contributed by atoms with Crippen LogP contribution in [0.5, 0.6) is 0 Å². The number of carbonyl (C=O) groups is 3. The summed E-state index contributed by atoms with van der Waals surface area (Å²) in [5, 5.41) is 15.5. The van der Waals surface area contributed by atoms with Gasteiger partial charge in [-0.05, 0) is 19.8 Å². The van der Waals surface area contributed by atoms with Gasteiger partial charge in [0, 0.05) is 31.7 Å². The SMILES string of the molecule is COCC(C)NC(=O)C(=O)Nc1cc(C)nn1C1NC(=O)CC(C(C)C)N1. The Morgan fingerprint density at radius 1 is 1.37 bits per heavy atom. The highest BCUT2D eigenvalue weighted by atomic mass is 16.5. The van der Waals surface area contributed by atoms with E-state index >= 15 is 0 Å². The first-order valence-corrected chi connectivity index (χ1v) is 8.93. The molecular weight excluding hydrogens is 352 g/mol. The molecule has 27 heavy (non-hydrogen) atoms. The summed E-state index contributed by atoms with van der Waals surface area (Å²) >= 11 is 0. The van der Waals surface area contributed by atoms with Crippen LogP contribution >= 0.6 is 0 Å². The third-order valence-corrected chi connectivity index (χ3v) is 4.22.